The second kappa shape index (κ2) is 8.61. The zero-order valence-electron chi connectivity index (χ0n) is 12.6. The third-order valence-electron chi connectivity index (χ3n) is 3.54. The Labute approximate surface area is 140 Å². The Hall–Kier alpha value is -1.96. The summed E-state index contributed by atoms with van der Waals surface area (Å²) in [6, 6.07) is 7.96. The smallest absolute Gasteiger partial charge is 0.221 e. The molecule has 1 unspecified atom stereocenters. The molecule has 1 aromatic carbocycles. The lowest BCUT2D eigenvalue weighted by Crippen LogP contribution is -2.44. The molecule has 1 fully saturated rings. The second-order valence-electron chi connectivity index (χ2n) is 5.21. The van der Waals surface area contributed by atoms with Gasteiger partial charge in [0, 0.05) is 25.6 Å². The molecule has 0 radical (unpaired) electrons. The van der Waals surface area contributed by atoms with E-state index in [-0.39, 0.29) is 24.4 Å². The summed E-state index contributed by atoms with van der Waals surface area (Å²) in [5, 5.41) is 10.3. The van der Waals surface area contributed by atoms with Crippen LogP contribution in [0.2, 0.25) is 0 Å². The minimum absolute atomic E-state index is 0. The van der Waals surface area contributed by atoms with Gasteiger partial charge in [-0.3, -0.25) is 4.79 Å². The van der Waals surface area contributed by atoms with Gasteiger partial charge in [0.15, 0.2) is 0 Å². The van der Waals surface area contributed by atoms with Crippen LogP contribution in [-0.4, -0.2) is 46.5 Å². The molecule has 1 saturated heterocycles. The van der Waals surface area contributed by atoms with Gasteiger partial charge in [0.1, 0.15) is 12.7 Å². The first kappa shape index (κ1) is 17.4. The number of benzene rings is 1. The highest BCUT2D eigenvalue weighted by Crippen LogP contribution is 2.08. The Bertz CT molecular complexity index is 597. The molecule has 1 aromatic heterocycles. The summed E-state index contributed by atoms with van der Waals surface area (Å²) in [4.78, 5) is 15.8. The number of nitrogens with zero attached hydrogens (tertiary/aromatic N) is 3. The average molecular weight is 338 g/mol. The van der Waals surface area contributed by atoms with Crippen molar-refractivity contribution >= 4 is 18.3 Å². The molecule has 1 aliphatic rings. The number of ether oxygens (including phenoxy) is 1. The minimum atomic E-state index is 0. The zero-order chi connectivity index (χ0) is 15.2. The first-order valence-corrected chi connectivity index (χ1v) is 7.33. The summed E-state index contributed by atoms with van der Waals surface area (Å²) >= 11 is 0. The average Bonchev–Trinajstić information content (AvgIpc) is 3.09. The van der Waals surface area contributed by atoms with E-state index in [1.54, 1.807) is 11.0 Å². The van der Waals surface area contributed by atoms with E-state index in [2.05, 4.69) is 20.7 Å². The highest BCUT2D eigenvalue weighted by molar-refractivity contribution is 5.85. The molecular formula is C15H20ClN5O2. The maximum Gasteiger partial charge on any atom is 0.221 e. The molecule has 0 spiro atoms. The molecule has 1 amide bonds. The number of hydrogen-bond donors (Lipinski definition) is 2. The lowest BCUT2D eigenvalue weighted by atomic mass is 10.1. The molecule has 23 heavy (non-hydrogen) atoms. The van der Waals surface area contributed by atoms with Crippen LogP contribution in [0.4, 0.5) is 0 Å². The van der Waals surface area contributed by atoms with Gasteiger partial charge in [0.25, 0.3) is 0 Å². The molecule has 124 valence electrons. The lowest BCUT2D eigenvalue weighted by molar-refractivity contribution is -0.122. The van der Waals surface area contributed by atoms with E-state index < -0.39 is 0 Å². The molecule has 3 rings (SSSR count). The van der Waals surface area contributed by atoms with Gasteiger partial charge in [0.05, 0.1) is 18.9 Å². The number of carbonyl (C=O) groups is 1. The van der Waals surface area contributed by atoms with Gasteiger partial charge >= 0.3 is 0 Å². The Morgan fingerprint density at radius 3 is 2.87 bits per heavy atom. The van der Waals surface area contributed by atoms with E-state index in [1.807, 2.05) is 24.3 Å². The standard InChI is InChI=1S/C15H19N5O2.ClH/c21-15(7-13-9-22-6-5-17-13)18-8-12-1-3-14(4-2-12)20-11-16-10-19-20;/h1-4,10-11,13,17H,5-9H2,(H,18,21);1H. The molecule has 2 heterocycles. The molecule has 8 heteroatoms. The highest BCUT2D eigenvalue weighted by Gasteiger charge is 2.16. The van der Waals surface area contributed by atoms with Crippen molar-refractivity contribution in [3.63, 3.8) is 0 Å². The van der Waals surface area contributed by atoms with E-state index >= 15 is 0 Å². The van der Waals surface area contributed by atoms with Crippen molar-refractivity contribution < 1.29 is 9.53 Å². The predicted octanol–water partition coefficient (Wildman–Crippen LogP) is 0.684. The van der Waals surface area contributed by atoms with Crippen LogP contribution in [0.15, 0.2) is 36.9 Å². The van der Waals surface area contributed by atoms with Crippen molar-refractivity contribution in [2.45, 2.75) is 19.0 Å². The van der Waals surface area contributed by atoms with Crippen molar-refractivity contribution in [2.75, 3.05) is 19.8 Å². The first-order valence-electron chi connectivity index (χ1n) is 7.33. The molecular weight excluding hydrogens is 318 g/mol. The van der Waals surface area contributed by atoms with Crippen LogP contribution < -0.4 is 10.6 Å². The van der Waals surface area contributed by atoms with Crippen LogP contribution in [0.5, 0.6) is 0 Å². The van der Waals surface area contributed by atoms with E-state index in [0.29, 0.717) is 19.6 Å². The van der Waals surface area contributed by atoms with Gasteiger partial charge in [-0.2, -0.15) is 5.10 Å². The lowest BCUT2D eigenvalue weighted by Gasteiger charge is -2.23. The van der Waals surface area contributed by atoms with Crippen molar-refractivity contribution in [3.05, 3.63) is 42.5 Å². The molecule has 2 aromatic rings. The summed E-state index contributed by atoms with van der Waals surface area (Å²) in [7, 11) is 0. The molecule has 0 bridgehead atoms. The SMILES string of the molecule is Cl.O=C(CC1COCCN1)NCc1ccc(-n2cncn2)cc1. The van der Waals surface area contributed by atoms with Crippen LogP contribution in [0.1, 0.15) is 12.0 Å². The van der Waals surface area contributed by atoms with Gasteiger partial charge in [-0.1, -0.05) is 12.1 Å². The van der Waals surface area contributed by atoms with Gasteiger partial charge in [-0.15, -0.1) is 12.4 Å². The van der Waals surface area contributed by atoms with Crippen LogP contribution in [-0.2, 0) is 16.1 Å². The van der Waals surface area contributed by atoms with E-state index in [1.165, 1.54) is 6.33 Å². The van der Waals surface area contributed by atoms with Crippen LogP contribution in [0, 0.1) is 0 Å². The van der Waals surface area contributed by atoms with Crippen LogP contribution in [0.3, 0.4) is 0 Å². The summed E-state index contributed by atoms with van der Waals surface area (Å²) < 4.78 is 7.03. The maximum absolute atomic E-state index is 11.9. The molecule has 2 N–H and O–H groups in total. The van der Waals surface area contributed by atoms with E-state index in [0.717, 1.165) is 24.4 Å². The Morgan fingerprint density at radius 2 is 2.22 bits per heavy atom. The normalized spacial score (nSPS) is 17.3. The summed E-state index contributed by atoms with van der Waals surface area (Å²) in [6.07, 6.45) is 3.59. The van der Waals surface area contributed by atoms with Crippen molar-refractivity contribution in [1.82, 2.24) is 25.4 Å². The van der Waals surface area contributed by atoms with Crippen LogP contribution in [0.25, 0.3) is 5.69 Å². The fraction of sp³-hybridized carbons (Fsp3) is 0.400. The highest BCUT2D eigenvalue weighted by atomic mass is 35.5. The largest absolute Gasteiger partial charge is 0.378 e. The minimum Gasteiger partial charge on any atom is -0.378 e. The van der Waals surface area contributed by atoms with Gasteiger partial charge in [0.2, 0.25) is 5.91 Å². The fourth-order valence-electron chi connectivity index (χ4n) is 2.36. The molecule has 0 saturated carbocycles. The van der Waals surface area contributed by atoms with E-state index in [9.17, 15) is 4.79 Å². The Kier molecular flexibility index (Phi) is 6.52. The Morgan fingerprint density at radius 1 is 1.39 bits per heavy atom. The molecule has 0 aliphatic carbocycles. The molecule has 7 nitrogen and oxygen atoms in total. The third kappa shape index (κ3) is 5.02. The molecule has 1 atom stereocenters. The van der Waals surface area contributed by atoms with Gasteiger partial charge < -0.3 is 15.4 Å². The topological polar surface area (TPSA) is 81.1 Å². The number of carbonyl (C=O) groups excluding carboxylic acids is 1. The summed E-state index contributed by atoms with van der Waals surface area (Å²) in [6.45, 7) is 2.64. The number of aromatic nitrogens is 3. The van der Waals surface area contributed by atoms with E-state index in [4.69, 9.17) is 4.74 Å². The number of amides is 1. The summed E-state index contributed by atoms with van der Waals surface area (Å²) in [5.74, 6) is 0.0309. The summed E-state index contributed by atoms with van der Waals surface area (Å²) in [5.41, 5.74) is 1.99. The van der Waals surface area contributed by atoms with Crippen LogP contribution >= 0.6 is 12.4 Å². The van der Waals surface area contributed by atoms with Gasteiger partial charge in [-0.05, 0) is 17.7 Å². The monoisotopic (exact) mass is 337 g/mol. The number of hydrogen-bond acceptors (Lipinski definition) is 5. The van der Waals surface area contributed by atoms with Crippen molar-refractivity contribution in [1.29, 1.82) is 0 Å². The fourth-order valence-corrected chi connectivity index (χ4v) is 2.36. The number of nitrogens with one attached hydrogen (secondary N) is 2. The number of morpholine rings is 1. The molecule has 1 aliphatic heterocycles. The third-order valence-corrected chi connectivity index (χ3v) is 3.54. The Balaban J connectivity index is 0.00000192. The quantitative estimate of drug-likeness (QED) is 0.838. The zero-order valence-corrected chi connectivity index (χ0v) is 13.5. The first-order chi connectivity index (χ1) is 10.8. The van der Waals surface area contributed by atoms with Crippen molar-refractivity contribution in [2.24, 2.45) is 0 Å². The number of halogens is 1. The predicted molar refractivity (Wildman–Crippen MR) is 87.7 cm³/mol. The number of rotatable bonds is 5. The maximum atomic E-state index is 11.9. The second-order valence-corrected chi connectivity index (χ2v) is 5.21. The van der Waals surface area contributed by atoms with Crippen molar-refractivity contribution in [3.8, 4) is 5.69 Å². The van der Waals surface area contributed by atoms with Gasteiger partial charge in [-0.25, -0.2) is 9.67 Å².